The molecule has 2 aromatic heterocycles. The van der Waals surface area contributed by atoms with Gasteiger partial charge in [0.1, 0.15) is 5.76 Å². The summed E-state index contributed by atoms with van der Waals surface area (Å²) in [7, 11) is -1.94. The highest BCUT2D eigenvalue weighted by Crippen LogP contribution is 2.35. The molecule has 2 aromatic rings. The van der Waals surface area contributed by atoms with Crippen molar-refractivity contribution < 1.29 is 12.8 Å². The zero-order valence-corrected chi connectivity index (χ0v) is 13.7. The molecule has 1 unspecified atom stereocenters. The summed E-state index contributed by atoms with van der Waals surface area (Å²) in [5.41, 5.74) is 0.671. The lowest BCUT2D eigenvalue weighted by molar-refractivity contribution is 0.283. The van der Waals surface area contributed by atoms with Crippen molar-refractivity contribution in [2.75, 3.05) is 6.54 Å². The molecule has 6 nitrogen and oxygen atoms in total. The van der Waals surface area contributed by atoms with Gasteiger partial charge in [0.05, 0.1) is 18.5 Å². The Balaban J connectivity index is 2.06. The van der Waals surface area contributed by atoms with Crippen molar-refractivity contribution in [1.29, 1.82) is 0 Å². The van der Waals surface area contributed by atoms with Crippen LogP contribution in [0.25, 0.3) is 0 Å². The second-order valence-corrected chi connectivity index (χ2v) is 7.56. The smallest absolute Gasteiger partial charge is 0.261 e. The van der Waals surface area contributed by atoms with Crippen LogP contribution in [-0.4, -0.2) is 29.0 Å². The van der Waals surface area contributed by atoms with Gasteiger partial charge >= 0.3 is 0 Å². The largest absolute Gasteiger partial charge is 0.468 e. The highest BCUT2D eigenvalue weighted by Gasteiger charge is 2.37. The predicted octanol–water partition coefficient (Wildman–Crippen LogP) is 2.63. The lowest BCUT2D eigenvalue weighted by atomic mass is 10.1. The summed E-state index contributed by atoms with van der Waals surface area (Å²) in [6.07, 6.45) is 6.87. The van der Waals surface area contributed by atoms with E-state index in [2.05, 4.69) is 5.10 Å². The van der Waals surface area contributed by atoms with Gasteiger partial charge in [-0.05, 0) is 31.9 Å². The van der Waals surface area contributed by atoms with Crippen LogP contribution in [0.2, 0.25) is 0 Å². The van der Waals surface area contributed by atoms with E-state index in [-0.39, 0.29) is 11.1 Å². The van der Waals surface area contributed by atoms with Gasteiger partial charge < -0.3 is 4.42 Å². The molecule has 0 aliphatic carbocycles. The maximum atomic E-state index is 13.2. The Hall–Kier alpha value is -1.60. The predicted molar refractivity (Wildman–Crippen MR) is 81.8 cm³/mol. The normalized spacial score (nSPS) is 20.9. The van der Waals surface area contributed by atoms with Crippen molar-refractivity contribution in [2.24, 2.45) is 7.05 Å². The van der Waals surface area contributed by atoms with Crippen LogP contribution in [0.4, 0.5) is 0 Å². The minimum absolute atomic E-state index is 0.239. The van der Waals surface area contributed by atoms with Crippen molar-refractivity contribution in [1.82, 2.24) is 14.1 Å². The van der Waals surface area contributed by atoms with Crippen molar-refractivity contribution in [3.8, 4) is 0 Å². The summed E-state index contributed by atoms with van der Waals surface area (Å²) in [5, 5.41) is 4.35. The average Bonchev–Trinajstić information content (AvgIpc) is 3.03. The first-order valence-electron chi connectivity index (χ1n) is 7.55. The number of furan rings is 1. The Morgan fingerprint density at radius 1 is 1.32 bits per heavy atom. The molecule has 0 N–H and O–H groups in total. The van der Waals surface area contributed by atoms with Crippen LogP contribution < -0.4 is 0 Å². The molecular weight excluding hydrogens is 302 g/mol. The van der Waals surface area contributed by atoms with Gasteiger partial charge in [-0.15, -0.1) is 0 Å². The van der Waals surface area contributed by atoms with Crippen molar-refractivity contribution in [3.63, 3.8) is 0 Å². The second-order valence-electron chi connectivity index (χ2n) is 5.75. The van der Waals surface area contributed by atoms with E-state index in [1.807, 2.05) is 6.07 Å². The van der Waals surface area contributed by atoms with E-state index in [1.165, 1.54) is 4.68 Å². The Morgan fingerprint density at radius 3 is 2.77 bits per heavy atom. The minimum Gasteiger partial charge on any atom is -0.468 e. The molecular formula is C15H21N3O3S. The average molecular weight is 323 g/mol. The van der Waals surface area contributed by atoms with Crippen LogP contribution >= 0.6 is 0 Å². The fourth-order valence-electron chi connectivity index (χ4n) is 3.15. The van der Waals surface area contributed by atoms with E-state index >= 15 is 0 Å². The Labute approximate surface area is 130 Å². The van der Waals surface area contributed by atoms with Crippen LogP contribution in [0, 0.1) is 6.92 Å². The Morgan fingerprint density at radius 2 is 2.14 bits per heavy atom. The minimum atomic E-state index is -3.60. The van der Waals surface area contributed by atoms with Crippen LogP contribution in [0.3, 0.4) is 0 Å². The molecule has 0 bridgehead atoms. The third-order valence-corrected chi connectivity index (χ3v) is 6.31. The highest BCUT2D eigenvalue weighted by atomic mass is 32.2. The first kappa shape index (κ1) is 15.3. The molecule has 1 aliphatic rings. The maximum absolute atomic E-state index is 13.2. The first-order chi connectivity index (χ1) is 10.5. The Bertz CT molecular complexity index is 715. The zero-order chi connectivity index (χ0) is 15.7. The second kappa shape index (κ2) is 5.89. The fourth-order valence-corrected chi connectivity index (χ4v) is 5.13. The van der Waals surface area contributed by atoms with E-state index in [4.69, 9.17) is 4.42 Å². The SMILES string of the molecule is Cc1cnn(C)c1S(=O)(=O)N1CCCCCC1c1ccco1. The lowest BCUT2D eigenvalue weighted by Gasteiger charge is -2.27. The summed E-state index contributed by atoms with van der Waals surface area (Å²) in [6.45, 7) is 2.29. The summed E-state index contributed by atoms with van der Waals surface area (Å²) in [6, 6.07) is 3.42. The number of sulfonamides is 1. The molecule has 3 heterocycles. The molecule has 0 aromatic carbocycles. The fraction of sp³-hybridized carbons (Fsp3) is 0.533. The molecule has 0 spiro atoms. The summed E-state index contributed by atoms with van der Waals surface area (Å²) in [5.74, 6) is 0.713. The van der Waals surface area contributed by atoms with E-state index < -0.39 is 10.0 Å². The third kappa shape index (κ3) is 2.59. The molecule has 1 aliphatic heterocycles. The van der Waals surface area contributed by atoms with Gasteiger partial charge in [-0.3, -0.25) is 4.68 Å². The molecule has 22 heavy (non-hydrogen) atoms. The van der Waals surface area contributed by atoms with E-state index in [9.17, 15) is 8.42 Å². The van der Waals surface area contributed by atoms with Gasteiger partial charge in [0.2, 0.25) is 0 Å². The molecule has 1 fully saturated rings. The topological polar surface area (TPSA) is 68.3 Å². The number of rotatable bonds is 3. The number of nitrogens with zero attached hydrogens (tertiary/aromatic N) is 3. The van der Waals surface area contributed by atoms with Gasteiger partial charge in [-0.1, -0.05) is 12.8 Å². The van der Waals surface area contributed by atoms with Crippen LogP contribution in [-0.2, 0) is 17.1 Å². The van der Waals surface area contributed by atoms with Gasteiger partial charge in [0.25, 0.3) is 10.0 Å². The van der Waals surface area contributed by atoms with Crippen molar-refractivity contribution in [3.05, 3.63) is 35.9 Å². The van der Waals surface area contributed by atoms with Crippen molar-refractivity contribution >= 4 is 10.0 Å². The summed E-state index contributed by atoms with van der Waals surface area (Å²) >= 11 is 0. The van der Waals surface area contributed by atoms with Gasteiger partial charge in [-0.2, -0.15) is 9.40 Å². The zero-order valence-electron chi connectivity index (χ0n) is 12.9. The molecule has 1 saturated heterocycles. The number of aromatic nitrogens is 2. The molecule has 3 rings (SSSR count). The highest BCUT2D eigenvalue weighted by molar-refractivity contribution is 7.89. The standard InChI is InChI=1S/C15H21N3O3S/c1-12-11-16-17(2)15(12)22(19,20)18-9-5-3-4-7-13(18)14-8-6-10-21-14/h6,8,10-11,13H,3-5,7,9H2,1-2H3. The van der Waals surface area contributed by atoms with Crippen molar-refractivity contribution in [2.45, 2.75) is 43.7 Å². The number of hydrogen-bond acceptors (Lipinski definition) is 4. The molecule has 0 saturated carbocycles. The van der Waals surface area contributed by atoms with E-state index in [0.29, 0.717) is 17.9 Å². The summed E-state index contributed by atoms with van der Waals surface area (Å²) < 4.78 is 34.9. The van der Waals surface area contributed by atoms with Gasteiger partial charge in [-0.25, -0.2) is 8.42 Å². The quantitative estimate of drug-likeness (QED) is 0.871. The molecule has 120 valence electrons. The van der Waals surface area contributed by atoms with Crippen LogP contribution in [0.1, 0.15) is 43.0 Å². The molecule has 0 amide bonds. The van der Waals surface area contributed by atoms with Gasteiger partial charge in [0, 0.05) is 19.2 Å². The van der Waals surface area contributed by atoms with Crippen LogP contribution in [0.15, 0.2) is 34.0 Å². The summed E-state index contributed by atoms with van der Waals surface area (Å²) in [4.78, 5) is 0. The Kier molecular flexibility index (Phi) is 4.10. The monoisotopic (exact) mass is 323 g/mol. The van der Waals surface area contributed by atoms with E-state index in [0.717, 1.165) is 25.7 Å². The van der Waals surface area contributed by atoms with E-state index in [1.54, 1.807) is 36.8 Å². The molecule has 0 radical (unpaired) electrons. The lowest BCUT2D eigenvalue weighted by Crippen LogP contribution is -2.36. The maximum Gasteiger partial charge on any atom is 0.261 e. The number of aryl methyl sites for hydroxylation is 2. The van der Waals surface area contributed by atoms with Gasteiger partial charge in [0.15, 0.2) is 5.03 Å². The van der Waals surface area contributed by atoms with Crippen LogP contribution in [0.5, 0.6) is 0 Å². The molecule has 1 atom stereocenters. The number of hydrogen-bond donors (Lipinski definition) is 0. The third-order valence-electron chi connectivity index (χ3n) is 4.18. The molecule has 7 heteroatoms. The first-order valence-corrected chi connectivity index (χ1v) is 8.99.